The van der Waals surface area contributed by atoms with E-state index < -0.39 is 66.8 Å². The van der Waals surface area contributed by atoms with Crippen LogP contribution < -0.4 is 0 Å². The summed E-state index contributed by atoms with van der Waals surface area (Å²) in [4.78, 5) is 73.1. The molecule has 0 radical (unpaired) electrons. The largest absolute Gasteiger partial charge is 0.462 e. The normalized spacial score (nSPS) is 14.4. The predicted molar refractivity (Wildman–Crippen MR) is 99.1 cm³/mol. The molecule has 13 heteroatoms. The molecule has 0 aromatic rings. The lowest BCUT2D eigenvalue weighted by molar-refractivity contribution is -0.197. The Bertz CT molecular complexity index is 716. The number of nitrogens with zero attached hydrogens (tertiary/aromatic N) is 1. The monoisotopic (exact) mass is 447 g/mol. The zero-order chi connectivity index (χ0) is 24.1. The van der Waals surface area contributed by atoms with Crippen LogP contribution in [0.1, 0.15) is 41.5 Å². The number of esters is 5. The highest BCUT2D eigenvalue weighted by Crippen LogP contribution is 2.19. The Morgan fingerprint density at radius 2 is 1.13 bits per heavy atom. The highest BCUT2D eigenvalue weighted by Gasteiger charge is 2.43. The van der Waals surface area contributed by atoms with Gasteiger partial charge in [0, 0.05) is 41.5 Å². The maximum atomic E-state index is 11.7. The molecule has 31 heavy (non-hydrogen) atoms. The van der Waals surface area contributed by atoms with Crippen molar-refractivity contribution in [3.05, 3.63) is 0 Å². The molecule has 0 aliphatic carbocycles. The number of carbonyl (C=O) groups is 6. The van der Waals surface area contributed by atoms with Crippen molar-refractivity contribution < 1.29 is 57.3 Å². The summed E-state index contributed by atoms with van der Waals surface area (Å²) in [6.07, 6.45) is -5.46. The molecule has 0 aliphatic rings. The summed E-state index contributed by atoms with van der Waals surface area (Å²) in [7, 11) is 0. The van der Waals surface area contributed by atoms with Crippen LogP contribution in [0, 0.1) is 0 Å². The first kappa shape index (κ1) is 27.5. The van der Waals surface area contributed by atoms with Gasteiger partial charge in [-0.15, -0.1) is 0 Å². The molecule has 0 saturated carbocycles. The Morgan fingerprint density at radius 3 is 1.55 bits per heavy atom. The number of ether oxygens (including phenoxy) is 5. The molecule has 0 heterocycles. The van der Waals surface area contributed by atoms with E-state index in [1.54, 1.807) is 0 Å². The zero-order valence-electron chi connectivity index (χ0n) is 17.9. The van der Waals surface area contributed by atoms with Gasteiger partial charge < -0.3 is 28.5 Å². The van der Waals surface area contributed by atoms with E-state index in [-0.39, 0.29) is 0 Å². The van der Waals surface area contributed by atoms with Gasteiger partial charge in [0.25, 0.3) is 0 Å². The number of oxime groups is 1. The van der Waals surface area contributed by atoms with Gasteiger partial charge in [-0.2, -0.15) is 0 Å². The fraction of sp³-hybridized carbons (Fsp3) is 0.611. The summed E-state index contributed by atoms with van der Waals surface area (Å²) in [6.45, 7) is 5.65. The van der Waals surface area contributed by atoms with Crippen LogP contribution in [0.2, 0.25) is 0 Å². The molecular formula is C18H25NO12. The molecule has 4 atom stereocenters. The lowest BCUT2D eigenvalue weighted by atomic mass is 10.0. The minimum atomic E-state index is -1.63. The van der Waals surface area contributed by atoms with E-state index in [2.05, 4.69) is 9.99 Å². The van der Waals surface area contributed by atoms with Gasteiger partial charge in [-0.05, 0) is 0 Å². The van der Waals surface area contributed by atoms with Crippen molar-refractivity contribution in [2.24, 2.45) is 5.16 Å². The van der Waals surface area contributed by atoms with Gasteiger partial charge in [-0.25, -0.2) is 4.79 Å². The van der Waals surface area contributed by atoms with Gasteiger partial charge in [0.15, 0.2) is 24.4 Å². The summed E-state index contributed by atoms with van der Waals surface area (Å²) >= 11 is 0. The second kappa shape index (κ2) is 13.7. The van der Waals surface area contributed by atoms with E-state index in [1.807, 2.05) is 0 Å². The summed E-state index contributed by atoms with van der Waals surface area (Å²) in [6, 6.07) is 0. The van der Waals surface area contributed by atoms with Gasteiger partial charge in [0.2, 0.25) is 0 Å². The van der Waals surface area contributed by atoms with Crippen LogP contribution in [0.25, 0.3) is 0 Å². The number of hydrogen-bond donors (Lipinski definition) is 0. The SMILES string of the molecule is CC(=O)OCC(OC(C)=O)C(OC(C)=O)C(OC(C)=O)C(/C=N/OC(C)=O)OC(C)=O. The molecule has 0 aromatic carbocycles. The molecule has 0 rings (SSSR count). The van der Waals surface area contributed by atoms with Crippen LogP contribution in [0.4, 0.5) is 0 Å². The third-order valence-electron chi connectivity index (χ3n) is 3.08. The summed E-state index contributed by atoms with van der Waals surface area (Å²) in [5.74, 6) is -5.02. The van der Waals surface area contributed by atoms with Crippen LogP contribution in [0.15, 0.2) is 5.16 Å². The van der Waals surface area contributed by atoms with Crippen LogP contribution in [-0.4, -0.2) is 73.1 Å². The molecule has 0 spiro atoms. The first-order valence-electron chi connectivity index (χ1n) is 8.86. The maximum absolute atomic E-state index is 11.7. The second-order valence-corrected chi connectivity index (χ2v) is 6.01. The fourth-order valence-corrected chi connectivity index (χ4v) is 2.21. The van der Waals surface area contributed by atoms with Crippen molar-refractivity contribution in [3.63, 3.8) is 0 Å². The van der Waals surface area contributed by atoms with E-state index in [9.17, 15) is 28.8 Å². The first-order chi connectivity index (χ1) is 14.3. The number of hydrogen-bond acceptors (Lipinski definition) is 13. The summed E-state index contributed by atoms with van der Waals surface area (Å²) in [5.41, 5.74) is 0. The van der Waals surface area contributed by atoms with Gasteiger partial charge in [0.05, 0.1) is 6.21 Å². The lowest BCUT2D eigenvalue weighted by Gasteiger charge is -2.33. The minimum absolute atomic E-state index is 0.585. The van der Waals surface area contributed by atoms with E-state index in [1.165, 1.54) is 0 Å². The molecular weight excluding hydrogens is 422 g/mol. The van der Waals surface area contributed by atoms with Crippen LogP contribution >= 0.6 is 0 Å². The van der Waals surface area contributed by atoms with Crippen molar-refractivity contribution in [3.8, 4) is 0 Å². The van der Waals surface area contributed by atoms with Gasteiger partial charge in [-0.1, -0.05) is 5.16 Å². The molecule has 174 valence electrons. The smallest absolute Gasteiger partial charge is 0.331 e. The third kappa shape index (κ3) is 12.6. The van der Waals surface area contributed by atoms with Gasteiger partial charge >= 0.3 is 35.8 Å². The standard InChI is InChI=1S/C18H25NO12/c1-9(20)26-8-16(28-11(3)22)18(30-13(5)24)17(29-12(4)23)15(27-10(2)21)7-19-31-14(6)25/h7,15-18H,8H2,1-6H3/b19-7+. The van der Waals surface area contributed by atoms with Crippen molar-refractivity contribution in [1.29, 1.82) is 0 Å². The van der Waals surface area contributed by atoms with E-state index in [4.69, 9.17) is 23.7 Å². The Morgan fingerprint density at radius 1 is 0.645 bits per heavy atom. The predicted octanol–water partition coefficient (Wildman–Crippen LogP) is -0.175. The number of carbonyl (C=O) groups excluding carboxylic acids is 6. The topological polar surface area (TPSA) is 170 Å². The molecule has 0 aliphatic heterocycles. The molecule has 0 amide bonds. The molecule has 0 fully saturated rings. The zero-order valence-corrected chi connectivity index (χ0v) is 17.9. The van der Waals surface area contributed by atoms with Crippen molar-refractivity contribution in [2.45, 2.75) is 66.0 Å². The van der Waals surface area contributed by atoms with Gasteiger partial charge in [-0.3, -0.25) is 24.0 Å². The number of rotatable bonds is 11. The Labute approximate surface area is 177 Å². The van der Waals surface area contributed by atoms with Gasteiger partial charge in [0.1, 0.15) is 6.61 Å². The third-order valence-corrected chi connectivity index (χ3v) is 3.08. The fourth-order valence-electron chi connectivity index (χ4n) is 2.21. The second-order valence-electron chi connectivity index (χ2n) is 6.01. The molecule has 0 N–H and O–H groups in total. The average Bonchev–Trinajstić information content (AvgIpc) is 2.59. The molecule has 13 nitrogen and oxygen atoms in total. The van der Waals surface area contributed by atoms with E-state index >= 15 is 0 Å². The lowest BCUT2D eigenvalue weighted by Crippen LogP contribution is -2.53. The van der Waals surface area contributed by atoms with Crippen molar-refractivity contribution >= 4 is 42.0 Å². The van der Waals surface area contributed by atoms with Crippen molar-refractivity contribution in [1.82, 2.24) is 0 Å². The minimum Gasteiger partial charge on any atom is -0.462 e. The Kier molecular flexibility index (Phi) is 12.1. The van der Waals surface area contributed by atoms with Crippen LogP contribution in [-0.2, 0) is 57.3 Å². The average molecular weight is 447 g/mol. The molecule has 0 aromatic heterocycles. The summed E-state index contributed by atoms with van der Waals surface area (Å²) < 4.78 is 25.2. The highest BCUT2D eigenvalue weighted by atomic mass is 16.7. The van der Waals surface area contributed by atoms with Crippen molar-refractivity contribution in [2.75, 3.05) is 6.61 Å². The van der Waals surface area contributed by atoms with Crippen LogP contribution in [0.3, 0.4) is 0 Å². The Hall–Kier alpha value is -3.51. The van der Waals surface area contributed by atoms with Crippen LogP contribution in [0.5, 0.6) is 0 Å². The molecule has 0 bridgehead atoms. The Balaban J connectivity index is 6.30. The highest BCUT2D eigenvalue weighted by molar-refractivity contribution is 5.75. The first-order valence-corrected chi connectivity index (χ1v) is 8.86. The summed E-state index contributed by atoms with van der Waals surface area (Å²) in [5, 5.41) is 3.33. The molecule has 4 unspecified atom stereocenters. The molecule has 0 saturated heterocycles. The van der Waals surface area contributed by atoms with E-state index in [0.717, 1.165) is 47.8 Å². The quantitative estimate of drug-likeness (QED) is 0.135. The van der Waals surface area contributed by atoms with E-state index in [0.29, 0.717) is 0 Å². The maximum Gasteiger partial charge on any atom is 0.331 e.